The number of sulfonamides is 1. The zero-order valence-electron chi connectivity index (χ0n) is 12.8. The molecule has 3 aromatic rings. The average Bonchev–Trinajstić information content (AvgIpc) is 3.09. The third kappa shape index (κ3) is 4.50. The van der Waals surface area contributed by atoms with Crippen molar-refractivity contribution in [3.8, 4) is 5.75 Å². The average molecular weight is 398 g/mol. The zero-order valence-corrected chi connectivity index (χ0v) is 15.2. The minimum absolute atomic E-state index is 0.151. The highest BCUT2D eigenvalue weighted by Crippen LogP contribution is 2.30. The van der Waals surface area contributed by atoms with E-state index in [9.17, 15) is 12.8 Å². The van der Waals surface area contributed by atoms with Crippen molar-refractivity contribution in [2.45, 2.75) is 10.8 Å². The van der Waals surface area contributed by atoms with Gasteiger partial charge in [0, 0.05) is 0 Å². The van der Waals surface area contributed by atoms with Gasteiger partial charge in [0.1, 0.15) is 22.4 Å². The first-order chi connectivity index (χ1) is 11.9. The summed E-state index contributed by atoms with van der Waals surface area (Å²) in [5, 5.41) is 1.94. The van der Waals surface area contributed by atoms with Crippen molar-refractivity contribution in [1.29, 1.82) is 0 Å². The summed E-state index contributed by atoms with van der Waals surface area (Å²) in [6.45, 7) is 0.151. The molecule has 8 heteroatoms. The van der Waals surface area contributed by atoms with E-state index in [0.717, 1.165) is 11.3 Å². The molecule has 0 radical (unpaired) electrons. The van der Waals surface area contributed by atoms with Gasteiger partial charge in [-0.25, -0.2) is 12.8 Å². The van der Waals surface area contributed by atoms with Crippen LogP contribution in [0.5, 0.6) is 5.75 Å². The highest BCUT2D eigenvalue weighted by Gasteiger charge is 2.16. The predicted octanol–water partition coefficient (Wildman–Crippen LogP) is 4.92. The summed E-state index contributed by atoms with van der Waals surface area (Å²) in [4.78, 5) is 0. The van der Waals surface area contributed by atoms with Crippen molar-refractivity contribution < 1.29 is 17.5 Å². The summed E-state index contributed by atoms with van der Waals surface area (Å²) in [6.07, 6.45) is 0. The van der Waals surface area contributed by atoms with E-state index in [1.165, 1.54) is 24.3 Å². The van der Waals surface area contributed by atoms with Gasteiger partial charge < -0.3 is 4.74 Å². The minimum atomic E-state index is -3.63. The highest BCUT2D eigenvalue weighted by molar-refractivity contribution is 7.94. The summed E-state index contributed by atoms with van der Waals surface area (Å²) >= 11 is 7.27. The van der Waals surface area contributed by atoms with Gasteiger partial charge in [0.05, 0.1) is 10.7 Å². The SMILES string of the molecule is O=S(=O)(Nc1ccc(OCc2cccc(F)c2)c(Cl)c1)c1cccs1. The Balaban J connectivity index is 1.70. The normalized spacial score (nSPS) is 11.3. The third-order valence-corrected chi connectivity index (χ3v) is 6.30. The first kappa shape index (κ1) is 17.7. The lowest BCUT2D eigenvalue weighted by Gasteiger charge is -2.11. The minimum Gasteiger partial charge on any atom is -0.487 e. The maximum absolute atomic E-state index is 13.2. The molecule has 0 amide bonds. The zero-order chi connectivity index (χ0) is 17.9. The smallest absolute Gasteiger partial charge is 0.271 e. The third-order valence-electron chi connectivity index (χ3n) is 3.23. The van der Waals surface area contributed by atoms with Crippen molar-refractivity contribution >= 4 is 38.6 Å². The summed E-state index contributed by atoms with van der Waals surface area (Å²) in [5.41, 5.74) is 0.995. The predicted molar refractivity (Wildman–Crippen MR) is 97.3 cm³/mol. The fraction of sp³-hybridized carbons (Fsp3) is 0.0588. The Hall–Kier alpha value is -2.09. The number of hydrogen-bond acceptors (Lipinski definition) is 4. The Labute approximate surface area is 153 Å². The van der Waals surface area contributed by atoms with Crippen LogP contribution in [-0.4, -0.2) is 8.42 Å². The molecule has 1 N–H and O–H groups in total. The molecule has 0 aliphatic carbocycles. The fourth-order valence-corrected chi connectivity index (χ4v) is 4.37. The molecule has 0 fully saturated rings. The van der Waals surface area contributed by atoms with Crippen molar-refractivity contribution in [3.05, 3.63) is 76.4 Å². The Bertz CT molecular complexity index is 975. The van der Waals surface area contributed by atoms with Gasteiger partial charge in [-0.3, -0.25) is 4.72 Å². The standard InChI is InChI=1S/C17H13ClFNO3S2/c18-15-10-14(20-25(21,22)17-5-2-8-24-17)6-7-16(15)23-11-12-3-1-4-13(19)9-12/h1-10,20H,11H2. The van der Waals surface area contributed by atoms with Gasteiger partial charge in [-0.2, -0.15) is 0 Å². The first-order valence-electron chi connectivity index (χ1n) is 7.17. The molecule has 1 aromatic heterocycles. The lowest BCUT2D eigenvalue weighted by atomic mass is 10.2. The van der Waals surface area contributed by atoms with Crippen LogP contribution in [0.4, 0.5) is 10.1 Å². The molecule has 0 aliphatic rings. The van der Waals surface area contributed by atoms with Crippen molar-refractivity contribution in [3.63, 3.8) is 0 Å². The second-order valence-electron chi connectivity index (χ2n) is 5.10. The van der Waals surface area contributed by atoms with Gasteiger partial charge in [-0.15, -0.1) is 11.3 Å². The van der Waals surface area contributed by atoms with Crippen molar-refractivity contribution in [2.75, 3.05) is 4.72 Å². The van der Waals surface area contributed by atoms with E-state index in [1.807, 2.05) is 0 Å². The quantitative estimate of drug-likeness (QED) is 0.642. The molecule has 2 aromatic carbocycles. The molecule has 0 aliphatic heterocycles. The van der Waals surface area contributed by atoms with Gasteiger partial charge in [0.2, 0.25) is 0 Å². The maximum Gasteiger partial charge on any atom is 0.271 e. The van der Waals surface area contributed by atoms with E-state index >= 15 is 0 Å². The Morgan fingerprint density at radius 1 is 1.12 bits per heavy atom. The Morgan fingerprint density at radius 2 is 1.96 bits per heavy atom. The molecule has 0 saturated carbocycles. The van der Waals surface area contributed by atoms with Crippen LogP contribution >= 0.6 is 22.9 Å². The number of anilines is 1. The number of halogens is 2. The van der Waals surface area contributed by atoms with E-state index in [0.29, 0.717) is 17.0 Å². The molecular formula is C17H13ClFNO3S2. The molecule has 0 atom stereocenters. The summed E-state index contributed by atoms with van der Waals surface area (Å²) in [7, 11) is -3.63. The number of thiophene rings is 1. The molecule has 0 spiro atoms. The largest absolute Gasteiger partial charge is 0.487 e. The molecule has 130 valence electrons. The van der Waals surface area contributed by atoms with E-state index in [-0.39, 0.29) is 21.7 Å². The Morgan fingerprint density at radius 3 is 2.64 bits per heavy atom. The summed E-state index contributed by atoms with van der Waals surface area (Å²) in [6, 6.07) is 13.8. The molecule has 0 saturated heterocycles. The van der Waals surface area contributed by atoms with E-state index in [1.54, 1.807) is 35.7 Å². The van der Waals surface area contributed by atoms with Crippen LogP contribution < -0.4 is 9.46 Å². The molecule has 4 nitrogen and oxygen atoms in total. The number of hydrogen-bond donors (Lipinski definition) is 1. The van der Waals surface area contributed by atoms with Crippen LogP contribution in [0.2, 0.25) is 5.02 Å². The Kier molecular flexibility index (Phi) is 5.27. The van der Waals surface area contributed by atoms with Gasteiger partial charge in [0.25, 0.3) is 10.0 Å². The molecule has 3 rings (SSSR count). The van der Waals surface area contributed by atoms with Crippen molar-refractivity contribution in [1.82, 2.24) is 0 Å². The lowest BCUT2D eigenvalue weighted by Crippen LogP contribution is -2.11. The highest BCUT2D eigenvalue weighted by atomic mass is 35.5. The van der Waals surface area contributed by atoms with Crippen LogP contribution in [-0.2, 0) is 16.6 Å². The summed E-state index contributed by atoms with van der Waals surface area (Å²) < 4.78 is 45.8. The number of rotatable bonds is 6. The second-order valence-corrected chi connectivity index (χ2v) is 8.37. The molecule has 0 bridgehead atoms. The first-order valence-corrected chi connectivity index (χ1v) is 9.91. The fourth-order valence-electron chi connectivity index (χ4n) is 2.09. The van der Waals surface area contributed by atoms with Crippen LogP contribution in [0.1, 0.15) is 5.56 Å². The monoisotopic (exact) mass is 397 g/mol. The molecule has 0 unspecified atom stereocenters. The van der Waals surface area contributed by atoms with Crippen molar-refractivity contribution in [2.24, 2.45) is 0 Å². The molecular weight excluding hydrogens is 385 g/mol. The van der Waals surface area contributed by atoms with E-state index in [2.05, 4.69) is 4.72 Å². The molecule has 25 heavy (non-hydrogen) atoms. The summed E-state index contributed by atoms with van der Waals surface area (Å²) in [5.74, 6) is 0.0375. The van der Waals surface area contributed by atoms with E-state index in [4.69, 9.17) is 16.3 Å². The van der Waals surface area contributed by atoms with Crippen LogP contribution in [0, 0.1) is 5.82 Å². The number of ether oxygens (including phenoxy) is 1. The second kappa shape index (κ2) is 7.43. The number of nitrogens with one attached hydrogen (secondary N) is 1. The van der Waals surface area contributed by atoms with Gasteiger partial charge in [-0.05, 0) is 47.3 Å². The van der Waals surface area contributed by atoms with Crippen LogP contribution in [0.25, 0.3) is 0 Å². The van der Waals surface area contributed by atoms with Crippen LogP contribution in [0.15, 0.2) is 64.2 Å². The number of benzene rings is 2. The topological polar surface area (TPSA) is 55.4 Å². The molecule has 1 heterocycles. The van der Waals surface area contributed by atoms with Crippen LogP contribution in [0.3, 0.4) is 0 Å². The van der Waals surface area contributed by atoms with Gasteiger partial charge in [0.15, 0.2) is 0 Å². The lowest BCUT2D eigenvalue weighted by molar-refractivity contribution is 0.306. The maximum atomic E-state index is 13.2. The van der Waals surface area contributed by atoms with Gasteiger partial charge >= 0.3 is 0 Å². The van der Waals surface area contributed by atoms with E-state index < -0.39 is 10.0 Å². The van der Waals surface area contributed by atoms with Gasteiger partial charge in [-0.1, -0.05) is 29.8 Å².